The lowest BCUT2D eigenvalue weighted by atomic mass is 10.1. The van der Waals surface area contributed by atoms with Crippen molar-refractivity contribution in [3.05, 3.63) is 42.0 Å². The molecule has 0 N–H and O–H groups in total. The number of hydrogen-bond donors (Lipinski definition) is 0. The Labute approximate surface area is 135 Å². The number of hydrogen-bond acceptors (Lipinski definition) is 6. The molecule has 6 heteroatoms. The van der Waals surface area contributed by atoms with E-state index in [-0.39, 0.29) is 32.7 Å². The monoisotopic (exact) mass is 320 g/mol. The maximum atomic E-state index is 11.5. The largest absolute Gasteiger partial charge is 0.462 e. The van der Waals surface area contributed by atoms with Gasteiger partial charge < -0.3 is 14.2 Å². The lowest BCUT2D eigenvalue weighted by Gasteiger charge is -2.06. The fourth-order valence-corrected chi connectivity index (χ4v) is 1.60. The third-order valence-electron chi connectivity index (χ3n) is 2.80. The van der Waals surface area contributed by atoms with Gasteiger partial charge in [0.05, 0.1) is 12.8 Å². The molecule has 0 saturated heterocycles. The van der Waals surface area contributed by atoms with Crippen molar-refractivity contribution < 1.29 is 28.6 Å². The summed E-state index contributed by atoms with van der Waals surface area (Å²) in [6.45, 7) is 5.06. The van der Waals surface area contributed by atoms with Crippen LogP contribution < -0.4 is 0 Å². The second-order valence-electron chi connectivity index (χ2n) is 4.67. The average Bonchev–Trinajstić information content (AvgIpc) is 2.55. The van der Waals surface area contributed by atoms with Gasteiger partial charge in [-0.1, -0.05) is 36.9 Å². The van der Waals surface area contributed by atoms with E-state index < -0.39 is 17.9 Å². The highest BCUT2D eigenvalue weighted by atomic mass is 16.6. The summed E-state index contributed by atoms with van der Waals surface area (Å²) < 4.78 is 14.5. The van der Waals surface area contributed by atoms with Gasteiger partial charge in [-0.15, -0.1) is 0 Å². The molecule has 0 saturated carbocycles. The first-order valence-corrected chi connectivity index (χ1v) is 7.17. The average molecular weight is 320 g/mol. The van der Waals surface area contributed by atoms with Gasteiger partial charge in [0.25, 0.3) is 0 Å². The molecule has 1 aromatic carbocycles. The molecule has 0 aliphatic rings. The van der Waals surface area contributed by atoms with Crippen molar-refractivity contribution in [2.45, 2.75) is 26.4 Å². The lowest BCUT2D eigenvalue weighted by Crippen LogP contribution is -2.14. The van der Waals surface area contributed by atoms with Gasteiger partial charge in [-0.05, 0) is 11.1 Å². The van der Waals surface area contributed by atoms with Crippen LogP contribution in [0.25, 0.3) is 6.08 Å². The zero-order valence-corrected chi connectivity index (χ0v) is 13.1. The van der Waals surface area contributed by atoms with E-state index in [4.69, 9.17) is 9.47 Å². The van der Waals surface area contributed by atoms with E-state index in [9.17, 15) is 14.4 Å². The van der Waals surface area contributed by atoms with Gasteiger partial charge in [-0.3, -0.25) is 14.4 Å². The number of benzene rings is 1. The SMILES string of the molecule is C=Cc1ccc(COC(=O)CCC(=O)OCCOC(C)=O)cc1. The molecule has 0 spiro atoms. The minimum atomic E-state index is -0.538. The van der Waals surface area contributed by atoms with Gasteiger partial charge in [-0.2, -0.15) is 0 Å². The maximum absolute atomic E-state index is 11.5. The maximum Gasteiger partial charge on any atom is 0.306 e. The highest BCUT2D eigenvalue weighted by Gasteiger charge is 2.09. The zero-order chi connectivity index (χ0) is 17.1. The summed E-state index contributed by atoms with van der Waals surface area (Å²) in [5, 5.41) is 0. The van der Waals surface area contributed by atoms with E-state index >= 15 is 0 Å². The minimum Gasteiger partial charge on any atom is -0.462 e. The molecule has 0 heterocycles. The first kappa shape index (κ1) is 18.4. The Bertz CT molecular complexity index is 547. The van der Waals surface area contributed by atoms with Crippen molar-refractivity contribution in [3.8, 4) is 0 Å². The Morgan fingerprint density at radius 3 is 2.09 bits per heavy atom. The molecule has 0 aliphatic carbocycles. The van der Waals surface area contributed by atoms with Crippen molar-refractivity contribution >= 4 is 24.0 Å². The molecule has 1 aromatic rings. The second kappa shape index (κ2) is 10.2. The predicted octanol–water partition coefficient (Wildman–Crippen LogP) is 2.26. The summed E-state index contributed by atoms with van der Waals surface area (Å²) in [6.07, 6.45) is 1.59. The van der Waals surface area contributed by atoms with E-state index in [0.717, 1.165) is 11.1 Å². The molecule has 6 nitrogen and oxygen atoms in total. The molecular formula is C17H20O6. The van der Waals surface area contributed by atoms with E-state index in [1.807, 2.05) is 24.3 Å². The van der Waals surface area contributed by atoms with Gasteiger partial charge in [0.2, 0.25) is 0 Å². The summed E-state index contributed by atoms with van der Waals surface area (Å²) >= 11 is 0. The summed E-state index contributed by atoms with van der Waals surface area (Å²) in [5.41, 5.74) is 1.84. The smallest absolute Gasteiger partial charge is 0.306 e. The van der Waals surface area contributed by atoms with E-state index in [1.54, 1.807) is 6.08 Å². The van der Waals surface area contributed by atoms with Gasteiger partial charge >= 0.3 is 17.9 Å². The summed E-state index contributed by atoms with van der Waals surface area (Å²) in [6, 6.07) is 7.43. The minimum absolute atomic E-state index is 0.00617. The van der Waals surface area contributed by atoms with Crippen LogP contribution >= 0.6 is 0 Å². The van der Waals surface area contributed by atoms with Crippen LogP contribution in [0.3, 0.4) is 0 Å². The van der Waals surface area contributed by atoms with E-state index in [2.05, 4.69) is 11.3 Å². The zero-order valence-electron chi connectivity index (χ0n) is 13.1. The topological polar surface area (TPSA) is 78.9 Å². The van der Waals surface area contributed by atoms with Gasteiger partial charge in [0.15, 0.2) is 0 Å². The Morgan fingerprint density at radius 1 is 0.957 bits per heavy atom. The normalized spacial score (nSPS) is 9.78. The first-order valence-electron chi connectivity index (χ1n) is 7.17. The van der Waals surface area contributed by atoms with E-state index in [1.165, 1.54) is 6.92 Å². The van der Waals surface area contributed by atoms with Crippen molar-refractivity contribution in [1.29, 1.82) is 0 Å². The van der Waals surface area contributed by atoms with Gasteiger partial charge in [0, 0.05) is 6.92 Å². The van der Waals surface area contributed by atoms with Crippen LogP contribution in [0.15, 0.2) is 30.8 Å². The number of carbonyl (C=O) groups excluding carboxylic acids is 3. The Morgan fingerprint density at radius 2 is 1.52 bits per heavy atom. The molecule has 1 rings (SSSR count). The predicted molar refractivity (Wildman–Crippen MR) is 83.2 cm³/mol. The molecule has 124 valence electrons. The van der Waals surface area contributed by atoms with Crippen LogP contribution in [-0.4, -0.2) is 31.1 Å². The number of esters is 3. The fourth-order valence-electron chi connectivity index (χ4n) is 1.60. The highest BCUT2D eigenvalue weighted by molar-refractivity contribution is 5.77. The Kier molecular flexibility index (Phi) is 8.13. The van der Waals surface area contributed by atoms with Gasteiger partial charge in [0.1, 0.15) is 19.8 Å². The quantitative estimate of drug-likeness (QED) is 0.394. The van der Waals surface area contributed by atoms with Crippen LogP contribution in [0.4, 0.5) is 0 Å². The van der Waals surface area contributed by atoms with Crippen LogP contribution in [0, 0.1) is 0 Å². The van der Waals surface area contributed by atoms with Crippen LogP contribution in [-0.2, 0) is 35.2 Å². The first-order chi connectivity index (χ1) is 11.0. The molecular weight excluding hydrogens is 300 g/mol. The molecule has 0 amide bonds. The van der Waals surface area contributed by atoms with Crippen LogP contribution in [0.5, 0.6) is 0 Å². The molecule has 0 bridgehead atoms. The summed E-state index contributed by atoms with van der Waals surface area (Å²) in [4.78, 5) is 33.4. The molecule has 0 aromatic heterocycles. The second-order valence-corrected chi connectivity index (χ2v) is 4.67. The van der Waals surface area contributed by atoms with E-state index in [0.29, 0.717) is 0 Å². The molecule has 0 fully saturated rings. The van der Waals surface area contributed by atoms with Crippen molar-refractivity contribution in [2.75, 3.05) is 13.2 Å². The van der Waals surface area contributed by atoms with Crippen molar-refractivity contribution in [2.24, 2.45) is 0 Å². The number of carbonyl (C=O) groups is 3. The van der Waals surface area contributed by atoms with Gasteiger partial charge in [-0.25, -0.2) is 0 Å². The molecule has 23 heavy (non-hydrogen) atoms. The summed E-state index contributed by atoms with van der Waals surface area (Å²) in [7, 11) is 0. The number of rotatable bonds is 9. The molecule has 0 atom stereocenters. The molecule has 0 aliphatic heterocycles. The summed E-state index contributed by atoms with van der Waals surface area (Å²) in [5.74, 6) is -1.45. The molecule has 0 radical (unpaired) electrons. The standard InChI is InChI=1S/C17H20O6/c1-3-14-4-6-15(7-5-14)12-23-17(20)9-8-16(19)22-11-10-21-13(2)18/h3-7H,1,8-12H2,2H3. The van der Waals surface area contributed by atoms with Crippen molar-refractivity contribution in [1.82, 2.24) is 0 Å². The lowest BCUT2D eigenvalue weighted by molar-refractivity contribution is -0.153. The Hall–Kier alpha value is -2.63. The van der Waals surface area contributed by atoms with Crippen molar-refractivity contribution in [3.63, 3.8) is 0 Å². The third kappa shape index (κ3) is 8.40. The highest BCUT2D eigenvalue weighted by Crippen LogP contribution is 2.07. The Balaban J connectivity index is 2.16. The molecule has 0 unspecified atom stereocenters. The third-order valence-corrected chi connectivity index (χ3v) is 2.80. The fraction of sp³-hybridized carbons (Fsp3) is 0.353. The van der Waals surface area contributed by atoms with Crippen LogP contribution in [0.1, 0.15) is 30.9 Å². The number of ether oxygens (including phenoxy) is 3. The van der Waals surface area contributed by atoms with Crippen LogP contribution in [0.2, 0.25) is 0 Å².